The largest absolute Gasteiger partial charge is 0.397 e. The number of amides is 1. The highest BCUT2D eigenvalue weighted by Gasteiger charge is 2.34. The molecule has 3 aromatic rings. The number of carbonyl (C=O) groups excluding carboxylic acids is 1. The molecule has 2 aliphatic heterocycles. The number of halogens is 3. The van der Waals surface area contributed by atoms with Crippen molar-refractivity contribution in [1.82, 2.24) is 25.2 Å². The number of hydrogen-bond acceptors (Lipinski definition) is 8. The van der Waals surface area contributed by atoms with E-state index in [0.717, 1.165) is 35.6 Å². The molecule has 1 amide bonds. The van der Waals surface area contributed by atoms with Gasteiger partial charge >= 0.3 is 6.18 Å². The molecule has 0 bridgehead atoms. The topological polar surface area (TPSA) is 95.5 Å². The number of benzene rings is 1. The van der Waals surface area contributed by atoms with E-state index in [4.69, 9.17) is 9.72 Å². The van der Waals surface area contributed by atoms with Gasteiger partial charge in [0.2, 0.25) is 5.91 Å². The number of rotatable bonds is 6. The summed E-state index contributed by atoms with van der Waals surface area (Å²) in [7, 11) is 0. The van der Waals surface area contributed by atoms with Gasteiger partial charge in [-0.3, -0.25) is 9.78 Å². The normalized spacial score (nSPS) is 18.7. The monoisotopic (exact) mass is 515 g/mol. The molecule has 5 rings (SSSR count). The summed E-state index contributed by atoms with van der Waals surface area (Å²) in [5.41, 5.74) is 3.99. The molecular formula is C25H28F3N7O2. The van der Waals surface area contributed by atoms with Crippen LogP contribution in [-0.4, -0.2) is 90.5 Å². The van der Waals surface area contributed by atoms with Gasteiger partial charge in [-0.15, -0.1) is 0 Å². The van der Waals surface area contributed by atoms with Gasteiger partial charge < -0.3 is 25.2 Å². The zero-order chi connectivity index (χ0) is 25.8. The molecule has 2 aromatic heterocycles. The molecule has 2 aliphatic rings. The lowest BCUT2D eigenvalue weighted by atomic mass is 10.1. The molecule has 4 heterocycles. The molecule has 1 aromatic carbocycles. The highest BCUT2D eigenvalue weighted by Crippen LogP contribution is 2.28. The van der Waals surface area contributed by atoms with Crippen LogP contribution in [0.15, 0.2) is 42.7 Å². The molecule has 1 atom stereocenters. The summed E-state index contributed by atoms with van der Waals surface area (Å²) in [6, 6.07) is 9.73. The van der Waals surface area contributed by atoms with Crippen LogP contribution in [-0.2, 0) is 9.53 Å². The van der Waals surface area contributed by atoms with Crippen LogP contribution in [0.1, 0.15) is 6.42 Å². The number of ether oxygens (including phenoxy) is 1. The smallest absolute Gasteiger partial charge is 0.374 e. The number of anilines is 2. The molecule has 2 N–H and O–H groups in total. The van der Waals surface area contributed by atoms with Crippen molar-refractivity contribution >= 4 is 28.4 Å². The van der Waals surface area contributed by atoms with Gasteiger partial charge in [-0.2, -0.15) is 13.2 Å². The highest BCUT2D eigenvalue weighted by molar-refractivity contribution is 5.88. The lowest BCUT2D eigenvalue weighted by molar-refractivity contribution is -0.161. The van der Waals surface area contributed by atoms with Crippen molar-refractivity contribution in [2.45, 2.75) is 18.7 Å². The molecule has 0 radical (unpaired) electrons. The molecule has 0 aliphatic carbocycles. The maximum absolute atomic E-state index is 12.5. The second kappa shape index (κ2) is 10.9. The number of morpholine rings is 1. The van der Waals surface area contributed by atoms with E-state index in [2.05, 4.69) is 25.5 Å². The first-order valence-electron chi connectivity index (χ1n) is 12.2. The SMILES string of the molecule is O=C(CC(F)(F)F)N1CCN(c2ccc(-c3cc4nccnc4c(NCC4CNCCO4)n3)cc2)CC1. The van der Waals surface area contributed by atoms with Crippen LogP contribution >= 0.6 is 0 Å². The van der Waals surface area contributed by atoms with Gasteiger partial charge in [0.05, 0.1) is 23.9 Å². The van der Waals surface area contributed by atoms with E-state index in [1.54, 1.807) is 12.4 Å². The average Bonchev–Trinajstić information content (AvgIpc) is 2.91. The van der Waals surface area contributed by atoms with Crippen LogP contribution in [0.4, 0.5) is 24.7 Å². The second-order valence-electron chi connectivity index (χ2n) is 9.06. The number of hydrogen-bond donors (Lipinski definition) is 2. The Morgan fingerprint density at radius 2 is 1.86 bits per heavy atom. The van der Waals surface area contributed by atoms with Crippen molar-refractivity contribution in [3.63, 3.8) is 0 Å². The lowest BCUT2D eigenvalue weighted by Crippen LogP contribution is -2.49. The van der Waals surface area contributed by atoms with Crippen molar-refractivity contribution < 1.29 is 22.7 Å². The van der Waals surface area contributed by atoms with Crippen LogP contribution in [0.25, 0.3) is 22.3 Å². The number of nitrogens with zero attached hydrogens (tertiary/aromatic N) is 5. The Morgan fingerprint density at radius 3 is 2.57 bits per heavy atom. The number of aromatic nitrogens is 3. The standard InChI is InChI=1S/C25H28F3N7O2/c26-25(27,28)14-22(36)35-10-8-34(9-11-35)18-3-1-17(2-4-18)20-13-21-23(31-6-5-30-21)24(33-20)32-16-19-15-29-7-12-37-19/h1-6,13,19,29H,7-12,14-16H2,(H,32,33). The van der Waals surface area contributed by atoms with E-state index in [-0.39, 0.29) is 19.2 Å². The van der Waals surface area contributed by atoms with Crippen LogP contribution in [0.3, 0.4) is 0 Å². The van der Waals surface area contributed by atoms with Crippen LogP contribution in [0, 0.1) is 0 Å². The zero-order valence-electron chi connectivity index (χ0n) is 20.2. The number of carbonyl (C=O) groups is 1. The van der Waals surface area contributed by atoms with Gasteiger partial charge in [-0.05, 0) is 18.2 Å². The van der Waals surface area contributed by atoms with Crippen LogP contribution < -0.4 is 15.5 Å². The summed E-state index contributed by atoms with van der Waals surface area (Å²) >= 11 is 0. The van der Waals surface area contributed by atoms with Crippen molar-refractivity contribution in [2.75, 3.05) is 62.6 Å². The highest BCUT2D eigenvalue weighted by atomic mass is 19.4. The number of pyridine rings is 1. The number of alkyl halides is 3. The van der Waals surface area contributed by atoms with E-state index in [1.165, 1.54) is 4.90 Å². The lowest BCUT2D eigenvalue weighted by Gasteiger charge is -2.36. The van der Waals surface area contributed by atoms with Crippen LogP contribution in [0.2, 0.25) is 0 Å². The Hall–Kier alpha value is -3.51. The fourth-order valence-electron chi connectivity index (χ4n) is 4.54. The number of fused-ring (bicyclic) bond motifs is 1. The van der Waals surface area contributed by atoms with E-state index >= 15 is 0 Å². The Balaban J connectivity index is 1.28. The third-order valence-electron chi connectivity index (χ3n) is 6.47. The minimum atomic E-state index is -4.48. The Morgan fingerprint density at radius 1 is 1.11 bits per heavy atom. The maximum atomic E-state index is 12.5. The van der Waals surface area contributed by atoms with Gasteiger partial charge in [0.15, 0.2) is 5.82 Å². The summed E-state index contributed by atoms with van der Waals surface area (Å²) in [4.78, 5) is 28.9. The summed E-state index contributed by atoms with van der Waals surface area (Å²) in [6.07, 6.45) is -2.57. The third kappa shape index (κ3) is 6.25. The summed E-state index contributed by atoms with van der Waals surface area (Å²) in [5, 5.41) is 6.68. The molecule has 9 nitrogen and oxygen atoms in total. The first-order valence-corrected chi connectivity index (χ1v) is 12.2. The predicted molar refractivity (Wildman–Crippen MR) is 133 cm³/mol. The van der Waals surface area contributed by atoms with Gasteiger partial charge in [0.1, 0.15) is 11.9 Å². The maximum Gasteiger partial charge on any atom is 0.397 e. The molecule has 2 saturated heterocycles. The molecule has 12 heteroatoms. The third-order valence-corrected chi connectivity index (χ3v) is 6.47. The van der Waals surface area contributed by atoms with Crippen molar-refractivity contribution in [1.29, 1.82) is 0 Å². The van der Waals surface area contributed by atoms with Gasteiger partial charge in [0, 0.05) is 69.5 Å². The zero-order valence-corrected chi connectivity index (χ0v) is 20.2. The molecule has 0 saturated carbocycles. The van der Waals surface area contributed by atoms with Gasteiger partial charge in [0.25, 0.3) is 0 Å². The van der Waals surface area contributed by atoms with Gasteiger partial charge in [-0.1, -0.05) is 12.1 Å². The summed E-state index contributed by atoms with van der Waals surface area (Å²) < 4.78 is 43.4. The fraction of sp³-hybridized carbons (Fsp3) is 0.440. The van der Waals surface area contributed by atoms with E-state index in [0.29, 0.717) is 37.6 Å². The van der Waals surface area contributed by atoms with E-state index < -0.39 is 18.5 Å². The average molecular weight is 516 g/mol. The molecular weight excluding hydrogens is 487 g/mol. The molecule has 196 valence electrons. The van der Waals surface area contributed by atoms with Gasteiger partial charge in [-0.25, -0.2) is 9.97 Å². The predicted octanol–water partition coefficient (Wildman–Crippen LogP) is 2.69. The number of nitrogens with one attached hydrogen (secondary N) is 2. The van der Waals surface area contributed by atoms with Crippen molar-refractivity contribution in [3.05, 3.63) is 42.7 Å². The Kier molecular flexibility index (Phi) is 7.38. The Labute approximate surface area is 212 Å². The second-order valence-corrected chi connectivity index (χ2v) is 9.06. The van der Waals surface area contributed by atoms with Crippen molar-refractivity contribution in [2.24, 2.45) is 0 Å². The first-order chi connectivity index (χ1) is 17.9. The van der Waals surface area contributed by atoms with E-state index in [1.807, 2.05) is 30.3 Å². The number of piperazine rings is 1. The molecule has 0 spiro atoms. The summed E-state index contributed by atoms with van der Waals surface area (Å²) in [5.74, 6) is -0.234. The fourth-order valence-corrected chi connectivity index (χ4v) is 4.54. The molecule has 1 unspecified atom stereocenters. The first kappa shape index (κ1) is 25.2. The molecule has 37 heavy (non-hydrogen) atoms. The van der Waals surface area contributed by atoms with Crippen LogP contribution in [0.5, 0.6) is 0 Å². The van der Waals surface area contributed by atoms with Crippen molar-refractivity contribution in [3.8, 4) is 11.3 Å². The minimum absolute atomic E-state index is 0.0365. The summed E-state index contributed by atoms with van der Waals surface area (Å²) in [6.45, 7) is 4.34. The van der Waals surface area contributed by atoms with E-state index in [9.17, 15) is 18.0 Å². The quantitative estimate of drug-likeness (QED) is 0.518. The minimum Gasteiger partial charge on any atom is -0.374 e. The molecule has 2 fully saturated rings. The Bertz CT molecular complexity index is 1230.